The first kappa shape index (κ1) is 13.0. The van der Waals surface area contributed by atoms with Gasteiger partial charge in [0.25, 0.3) is 0 Å². The number of hydrogen-bond donors (Lipinski definition) is 2. The van der Waals surface area contributed by atoms with Gasteiger partial charge in [0.05, 0.1) is 15.6 Å². The van der Waals surface area contributed by atoms with Crippen molar-refractivity contribution >= 4 is 27.8 Å². The predicted molar refractivity (Wildman–Crippen MR) is 71.4 cm³/mol. The molecule has 0 spiro atoms. The molecule has 0 aliphatic heterocycles. The van der Waals surface area contributed by atoms with Gasteiger partial charge in [-0.25, -0.2) is 0 Å². The highest BCUT2D eigenvalue weighted by Gasteiger charge is 2.12. The van der Waals surface area contributed by atoms with E-state index in [2.05, 4.69) is 12.2 Å². The van der Waals surface area contributed by atoms with Crippen molar-refractivity contribution < 1.29 is 4.79 Å². The van der Waals surface area contributed by atoms with Crippen LogP contribution in [-0.2, 0) is 0 Å². The van der Waals surface area contributed by atoms with E-state index in [0.717, 1.165) is 18.0 Å². The van der Waals surface area contributed by atoms with Crippen LogP contribution in [0.15, 0.2) is 6.07 Å². The van der Waals surface area contributed by atoms with E-state index in [1.807, 2.05) is 13.0 Å². The summed E-state index contributed by atoms with van der Waals surface area (Å²) < 4.78 is 0. The lowest BCUT2D eigenvalue weighted by Gasteiger charge is -2.01. The molecule has 3 nitrogen and oxygen atoms in total. The number of carbonyl (C=O) groups excluding carboxylic acids is 1. The Kier molecular flexibility index (Phi) is 5.32. The molecule has 0 bridgehead atoms. The summed E-state index contributed by atoms with van der Waals surface area (Å²) in [4.78, 5) is 12.2. The highest BCUT2D eigenvalue weighted by Crippen LogP contribution is 2.30. The minimum atomic E-state index is 0.129. The molecule has 0 amide bonds. The van der Waals surface area contributed by atoms with Gasteiger partial charge in [-0.1, -0.05) is 26.7 Å². The number of Topliss-reactive ketones (excluding diaryl/α,β-unsaturated/α-hetero) is 1. The number of ketones is 1. The Labute approximate surface area is 101 Å². The number of carbonyl (C=O) groups is 1. The van der Waals surface area contributed by atoms with Crippen molar-refractivity contribution in [3.8, 4) is 0 Å². The normalized spacial score (nSPS) is 10.4. The third-order valence-corrected chi connectivity index (χ3v) is 3.56. The molecule has 0 saturated carbocycles. The van der Waals surface area contributed by atoms with Gasteiger partial charge in [-0.15, -0.1) is 11.3 Å². The van der Waals surface area contributed by atoms with Crippen molar-refractivity contribution in [2.45, 2.75) is 39.5 Å². The molecule has 0 radical (unpaired) electrons. The summed E-state index contributed by atoms with van der Waals surface area (Å²) in [6.45, 7) is 4.99. The average molecular weight is 240 g/mol. The second kappa shape index (κ2) is 6.53. The predicted octanol–water partition coefficient (Wildman–Crippen LogP) is 3.53. The Bertz CT molecular complexity index is 347. The van der Waals surface area contributed by atoms with Crippen LogP contribution in [0.2, 0.25) is 0 Å². The van der Waals surface area contributed by atoms with Crippen molar-refractivity contribution in [3.05, 3.63) is 10.9 Å². The molecule has 0 saturated heterocycles. The lowest BCUT2D eigenvalue weighted by Crippen LogP contribution is -1.98. The second-order valence-electron chi connectivity index (χ2n) is 3.81. The third kappa shape index (κ3) is 3.52. The molecule has 1 rings (SSSR count). The zero-order chi connectivity index (χ0) is 12.0. The average Bonchev–Trinajstić information content (AvgIpc) is 2.65. The maximum absolute atomic E-state index is 11.5. The topological polar surface area (TPSA) is 55.1 Å². The van der Waals surface area contributed by atoms with Gasteiger partial charge in [-0.3, -0.25) is 4.79 Å². The molecule has 0 aliphatic rings. The van der Waals surface area contributed by atoms with Crippen LogP contribution in [0.5, 0.6) is 0 Å². The summed E-state index contributed by atoms with van der Waals surface area (Å²) >= 11 is 1.46. The van der Waals surface area contributed by atoms with Crippen LogP contribution >= 0.6 is 11.3 Å². The first-order chi connectivity index (χ1) is 7.69. The van der Waals surface area contributed by atoms with Gasteiger partial charge in [-0.2, -0.15) is 0 Å². The molecular formula is C12H20N2OS. The van der Waals surface area contributed by atoms with Gasteiger partial charge in [0.2, 0.25) is 0 Å². The number of rotatable bonds is 7. The molecule has 0 aliphatic carbocycles. The Hall–Kier alpha value is -1.03. The lowest BCUT2D eigenvalue weighted by atomic mass is 10.2. The molecule has 0 aromatic carbocycles. The third-order valence-electron chi connectivity index (χ3n) is 2.41. The summed E-state index contributed by atoms with van der Waals surface area (Å²) in [7, 11) is 0. The number of thiophene rings is 1. The first-order valence-electron chi connectivity index (χ1n) is 5.85. The monoisotopic (exact) mass is 240 g/mol. The van der Waals surface area contributed by atoms with E-state index in [4.69, 9.17) is 5.73 Å². The molecule has 3 N–H and O–H groups in total. The molecule has 0 atom stereocenters. The van der Waals surface area contributed by atoms with E-state index in [0.29, 0.717) is 17.0 Å². The smallest absolute Gasteiger partial charge is 0.174 e. The zero-order valence-electron chi connectivity index (χ0n) is 10.0. The fourth-order valence-corrected chi connectivity index (χ4v) is 2.47. The van der Waals surface area contributed by atoms with Gasteiger partial charge < -0.3 is 11.1 Å². The molecular weight excluding hydrogens is 220 g/mol. The maximum Gasteiger partial charge on any atom is 0.174 e. The number of unbranched alkanes of at least 4 members (excludes halogenated alkanes) is 2. The summed E-state index contributed by atoms with van der Waals surface area (Å²) in [5.74, 6) is 0.129. The zero-order valence-corrected chi connectivity index (χ0v) is 10.8. The fraction of sp³-hybridized carbons (Fsp3) is 0.583. The van der Waals surface area contributed by atoms with Crippen molar-refractivity contribution in [1.82, 2.24) is 0 Å². The van der Waals surface area contributed by atoms with E-state index in [1.54, 1.807) is 0 Å². The summed E-state index contributed by atoms with van der Waals surface area (Å²) in [5, 5.41) is 4.31. The molecule has 1 aromatic rings. The van der Waals surface area contributed by atoms with Crippen LogP contribution in [0.4, 0.5) is 10.7 Å². The minimum Gasteiger partial charge on any atom is -0.397 e. The summed E-state index contributed by atoms with van der Waals surface area (Å²) in [5.41, 5.74) is 6.40. The van der Waals surface area contributed by atoms with Gasteiger partial charge in [-0.05, 0) is 12.5 Å². The van der Waals surface area contributed by atoms with Crippen molar-refractivity contribution in [3.63, 3.8) is 0 Å². The van der Waals surface area contributed by atoms with Gasteiger partial charge >= 0.3 is 0 Å². The molecule has 1 heterocycles. The van der Waals surface area contributed by atoms with Crippen LogP contribution in [0.3, 0.4) is 0 Å². The van der Waals surface area contributed by atoms with Gasteiger partial charge in [0, 0.05) is 13.0 Å². The largest absolute Gasteiger partial charge is 0.397 e. The quantitative estimate of drug-likeness (QED) is 0.566. The molecule has 0 fully saturated rings. The Balaban J connectivity index is 2.52. The number of nitrogens with two attached hydrogens (primary N) is 1. The van der Waals surface area contributed by atoms with E-state index in [1.165, 1.54) is 24.2 Å². The highest BCUT2D eigenvalue weighted by molar-refractivity contribution is 7.18. The van der Waals surface area contributed by atoms with E-state index in [-0.39, 0.29) is 5.78 Å². The molecule has 4 heteroatoms. The van der Waals surface area contributed by atoms with Crippen molar-refractivity contribution in [2.75, 3.05) is 17.6 Å². The van der Waals surface area contributed by atoms with Crippen LogP contribution in [0, 0.1) is 0 Å². The summed E-state index contributed by atoms with van der Waals surface area (Å²) in [6, 6.07) is 1.86. The second-order valence-corrected chi connectivity index (χ2v) is 4.86. The van der Waals surface area contributed by atoms with Crippen LogP contribution in [-0.4, -0.2) is 12.3 Å². The summed E-state index contributed by atoms with van der Waals surface area (Å²) in [6.07, 6.45) is 4.12. The lowest BCUT2D eigenvalue weighted by molar-refractivity contribution is 0.0993. The number of hydrogen-bond acceptors (Lipinski definition) is 4. The highest BCUT2D eigenvalue weighted by atomic mass is 32.1. The molecule has 0 unspecified atom stereocenters. The number of nitrogen functional groups attached to an aromatic ring is 1. The van der Waals surface area contributed by atoms with Crippen LogP contribution < -0.4 is 11.1 Å². The Morgan fingerprint density at radius 2 is 2.19 bits per heavy atom. The van der Waals surface area contributed by atoms with Crippen molar-refractivity contribution in [2.24, 2.45) is 0 Å². The molecule has 90 valence electrons. The number of nitrogens with one attached hydrogen (secondary N) is 1. The van der Waals surface area contributed by atoms with Crippen LogP contribution in [0.25, 0.3) is 0 Å². The fourth-order valence-electron chi connectivity index (χ4n) is 1.46. The van der Waals surface area contributed by atoms with Crippen LogP contribution in [0.1, 0.15) is 49.2 Å². The Morgan fingerprint density at radius 1 is 1.44 bits per heavy atom. The van der Waals surface area contributed by atoms with E-state index < -0.39 is 0 Å². The maximum atomic E-state index is 11.5. The number of anilines is 2. The Morgan fingerprint density at radius 3 is 2.81 bits per heavy atom. The van der Waals surface area contributed by atoms with Gasteiger partial charge in [0.15, 0.2) is 5.78 Å². The van der Waals surface area contributed by atoms with E-state index in [9.17, 15) is 4.79 Å². The molecule has 1 aromatic heterocycles. The standard InChI is InChI=1S/C12H20N2OS/c1-3-5-6-7-14-11-8-9(13)12(16-11)10(15)4-2/h8,14H,3-7,13H2,1-2H3. The molecule has 16 heavy (non-hydrogen) atoms. The van der Waals surface area contributed by atoms with Crippen molar-refractivity contribution in [1.29, 1.82) is 0 Å². The van der Waals surface area contributed by atoms with Gasteiger partial charge in [0.1, 0.15) is 0 Å². The minimum absolute atomic E-state index is 0.129. The SMILES string of the molecule is CCCCCNc1cc(N)c(C(=O)CC)s1. The van der Waals surface area contributed by atoms with E-state index >= 15 is 0 Å². The first-order valence-corrected chi connectivity index (χ1v) is 6.67.